The molecule has 0 N–H and O–H groups in total. The summed E-state index contributed by atoms with van der Waals surface area (Å²) in [5.41, 5.74) is 0. The minimum absolute atomic E-state index is 0.00625. The zero-order valence-corrected chi connectivity index (χ0v) is 11.5. The van der Waals surface area contributed by atoms with Gasteiger partial charge in [0.1, 0.15) is 0 Å². The Labute approximate surface area is 111 Å². The summed E-state index contributed by atoms with van der Waals surface area (Å²) >= 11 is 0. The van der Waals surface area contributed by atoms with Crippen molar-refractivity contribution in [3.63, 3.8) is 0 Å². The van der Waals surface area contributed by atoms with Crippen molar-refractivity contribution in [3.05, 3.63) is 6.07 Å². The molecule has 0 aliphatic carbocycles. The molecule has 0 saturated heterocycles. The lowest BCUT2D eigenvalue weighted by atomic mass is 10.1. The number of hydrogen-bond donors (Lipinski definition) is 0. The molecular formula is C12H18N2O5. The van der Waals surface area contributed by atoms with Gasteiger partial charge in [0.2, 0.25) is 11.8 Å². The fourth-order valence-corrected chi connectivity index (χ4v) is 1.30. The van der Waals surface area contributed by atoms with Gasteiger partial charge in [-0.25, -0.2) is 0 Å². The minimum Gasteiger partial charge on any atom is -0.481 e. The lowest BCUT2D eigenvalue weighted by molar-refractivity contribution is -0.141. The molecule has 0 aliphatic heterocycles. The smallest absolute Gasteiger partial charge is 0.323 e. The van der Waals surface area contributed by atoms with Crippen LogP contribution in [0.3, 0.4) is 0 Å². The molecule has 0 bridgehead atoms. The average Bonchev–Trinajstić information content (AvgIpc) is 2.44. The first-order valence-corrected chi connectivity index (χ1v) is 5.75. The van der Waals surface area contributed by atoms with Gasteiger partial charge in [-0.2, -0.15) is 9.97 Å². The summed E-state index contributed by atoms with van der Waals surface area (Å²) in [5.74, 6) is 0.415. The highest BCUT2D eigenvalue weighted by Gasteiger charge is 2.12. The predicted octanol–water partition coefficient (Wildman–Crippen LogP) is 1.07. The quantitative estimate of drug-likeness (QED) is 0.685. The van der Waals surface area contributed by atoms with Crippen molar-refractivity contribution in [1.29, 1.82) is 0 Å². The normalized spacial score (nSPS) is 11.6. The Kier molecular flexibility index (Phi) is 5.84. The summed E-state index contributed by atoms with van der Waals surface area (Å²) < 4.78 is 20.0. The molecule has 7 nitrogen and oxygen atoms in total. The number of carbonyl (C=O) groups is 1. The average molecular weight is 270 g/mol. The maximum absolute atomic E-state index is 11.1. The Morgan fingerprint density at radius 3 is 2.26 bits per heavy atom. The first kappa shape index (κ1) is 15.0. The Balaban J connectivity index is 2.59. The van der Waals surface area contributed by atoms with Gasteiger partial charge in [0, 0.05) is 5.92 Å². The fraction of sp³-hybridized carbons (Fsp3) is 0.583. The van der Waals surface area contributed by atoms with E-state index in [1.165, 1.54) is 21.3 Å². The number of hydrogen-bond acceptors (Lipinski definition) is 7. The fourth-order valence-electron chi connectivity index (χ4n) is 1.30. The van der Waals surface area contributed by atoms with E-state index in [1.807, 2.05) is 6.92 Å². The minimum atomic E-state index is -0.278. The third kappa shape index (κ3) is 4.99. The van der Waals surface area contributed by atoms with E-state index in [0.717, 1.165) is 0 Å². The highest BCUT2D eigenvalue weighted by atomic mass is 16.5. The van der Waals surface area contributed by atoms with E-state index >= 15 is 0 Å². The van der Waals surface area contributed by atoms with E-state index in [1.54, 1.807) is 6.07 Å². The van der Waals surface area contributed by atoms with Crippen molar-refractivity contribution in [2.75, 3.05) is 27.9 Å². The number of aromatic nitrogens is 2. The number of esters is 1. The lowest BCUT2D eigenvalue weighted by Gasteiger charge is -2.11. The molecule has 0 aromatic carbocycles. The van der Waals surface area contributed by atoms with Gasteiger partial charge in [-0.3, -0.25) is 4.79 Å². The van der Waals surface area contributed by atoms with Crippen LogP contribution in [-0.2, 0) is 9.53 Å². The third-order valence-corrected chi connectivity index (χ3v) is 2.32. The van der Waals surface area contributed by atoms with Crippen LogP contribution in [0.15, 0.2) is 6.07 Å². The van der Waals surface area contributed by atoms with Gasteiger partial charge in [0.15, 0.2) is 0 Å². The number of rotatable bonds is 7. The SMILES string of the molecule is COC(=O)CC(C)COc1nc(OC)cc(OC)n1. The molecule has 1 rings (SSSR count). The molecular weight excluding hydrogens is 252 g/mol. The maximum Gasteiger partial charge on any atom is 0.323 e. The first-order chi connectivity index (χ1) is 9.08. The lowest BCUT2D eigenvalue weighted by Crippen LogP contribution is -2.15. The number of methoxy groups -OCH3 is 3. The maximum atomic E-state index is 11.1. The Morgan fingerprint density at radius 2 is 1.79 bits per heavy atom. The highest BCUT2D eigenvalue weighted by Crippen LogP contribution is 2.19. The van der Waals surface area contributed by atoms with Crippen LogP contribution in [0.4, 0.5) is 0 Å². The van der Waals surface area contributed by atoms with Crippen molar-refractivity contribution < 1.29 is 23.7 Å². The highest BCUT2D eigenvalue weighted by molar-refractivity contribution is 5.69. The molecule has 1 unspecified atom stereocenters. The molecule has 7 heteroatoms. The van der Waals surface area contributed by atoms with Gasteiger partial charge in [0.25, 0.3) is 0 Å². The van der Waals surface area contributed by atoms with Crippen LogP contribution < -0.4 is 14.2 Å². The van der Waals surface area contributed by atoms with E-state index in [0.29, 0.717) is 18.4 Å². The topological polar surface area (TPSA) is 79.8 Å². The van der Waals surface area contributed by atoms with Crippen LogP contribution in [0.5, 0.6) is 17.8 Å². The van der Waals surface area contributed by atoms with Gasteiger partial charge in [0.05, 0.1) is 40.4 Å². The summed E-state index contributed by atoms with van der Waals surface area (Å²) in [6.45, 7) is 2.17. The Hall–Kier alpha value is -2.05. The summed E-state index contributed by atoms with van der Waals surface area (Å²) in [6, 6.07) is 1.69. The second-order valence-electron chi connectivity index (χ2n) is 3.93. The van der Waals surface area contributed by atoms with Gasteiger partial charge in [-0.1, -0.05) is 6.92 Å². The monoisotopic (exact) mass is 270 g/mol. The number of ether oxygens (including phenoxy) is 4. The zero-order chi connectivity index (χ0) is 14.3. The van der Waals surface area contributed by atoms with Crippen LogP contribution in [0, 0.1) is 5.92 Å². The summed E-state index contributed by atoms with van der Waals surface area (Å²) in [6.07, 6.45) is 0.275. The number of carbonyl (C=O) groups excluding carboxylic acids is 1. The van der Waals surface area contributed by atoms with E-state index in [-0.39, 0.29) is 24.3 Å². The molecule has 0 radical (unpaired) electrons. The van der Waals surface area contributed by atoms with Crippen molar-refractivity contribution in [3.8, 4) is 17.8 Å². The number of nitrogens with zero attached hydrogens (tertiary/aromatic N) is 2. The largest absolute Gasteiger partial charge is 0.481 e. The summed E-state index contributed by atoms with van der Waals surface area (Å²) in [7, 11) is 4.34. The molecule has 0 spiro atoms. The van der Waals surface area contributed by atoms with E-state index in [4.69, 9.17) is 14.2 Å². The van der Waals surface area contributed by atoms with Crippen molar-refractivity contribution in [2.45, 2.75) is 13.3 Å². The molecule has 1 aromatic heterocycles. The summed E-state index contributed by atoms with van der Waals surface area (Å²) in [5, 5.41) is 0. The van der Waals surface area contributed by atoms with Crippen LogP contribution in [-0.4, -0.2) is 43.9 Å². The standard InChI is InChI=1S/C12H18N2O5/c1-8(5-11(15)18-4)7-19-12-13-9(16-2)6-10(14-12)17-3/h6,8H,5,7H2,1-4H3. The van der Waals surface area contributed by atoms with Crippen molar-refractivity contribution >= 4 is 5.97 Å². The Bertz CT molecular complexity index is 402. The van der Waals surface area contributed by atoms with Crippen molar-refractivity contribution in [1.82, 2.24) is 9.97 Å². The molecule has 1 heterocycles. The second kappa shape index (κ2) is 7.40. The van der Waals surface area contributed by atoms with Gasteiger partial charge < -0.3 is 18.9 Å². The van der Waals surface area contributed by atoms with E-state index < -0.39 is 0 Å². The first-order valence-electron chi connectivity index (χ1n) is 5.75. The molecule has 19 heavy (non-hydrogen) atoms. The van der Waals surface area contributed by atoms with Gasteiger partial charge >= 0.3 is 12.0 Å². The molecule has 0 saturated carbocycles. The molecule has 0 fully saturated rings. The van der Waals surface area contributed by atoms with Crippen LogP contribution in [0.2, 0.25) is 0 Å². The van der Waals surface area contributed by atoms with Crippen LogP contribution >= 0.6 is 0 Å². The van der Waals surface area contributed by atoms with Gasteiger partial charge in [-0.05, 0) is 0 Å². The second-order valence-corrected chi connectivity index (χ2v) is 3.93. The predicted molar refractivity (Wildman–Crippen MR) is 66.4 cm³/mol. The summed E-state index contributed by atoms with van der Waals surface area (Å²) in [4.78, 5) is 19.1. The van der Waals surface area contributed by atoms with E-state index in [2.05, 4.69) is 14.7 Å². The van der Waals surface area contributed by atoms with Crippen LogP contribution in [0.1, 0.15) is 13.3 Å². The zero-order valence-electron chi connectivity index (χ0n) is 11.5. The van der Waals surface area contributed by atoms with Crippen LogP contribution in [0.25, 0.3) is 0 Å². The molecule has 0 amide bonds. The van der Waals surface area contributed by atoms with E-state index in [9.17, 15) is 4.79 Å². The molecule has 106 valence electrons. The van der Waals surface area contributed by atoms with Crippen molar-refractivity contribution in [2.24, 2.45) is 5.92 Å². The third-order valence-electron chi connectivity index (χ3n) is 2.32. The Morgan fingerprint density at radius 1 is 1.21 bits per heavy atom. The molecule has 1 atom stereocenters. The van der Waals surface area contributed by atoms with Gasteiger partial charge in [-0.15, -0.1) is 0 Å². The molecule has 1 aromatic rings. The molecule has 0 aliphatic rings.